The summed E-state index contributed by atoms with van der Waals surface area (Å²) in [6.07, 6.45) is 1.55. The summed E-state index contributed by atoms with van der Waals surface area (Å²) in [5.41, 5.74) is 3.72. The average molecular weight is 468 g/mol. The number of hydrogen-bond acceptors (Lipinski definition) is 6. The van der Waals surface area contributed by atoms with E-state index in [1.54, 1.807) is 37.6 Å². The normalized spacial score (nSPS) is 12.3. The van der Waals surface area contributed by atoms with E-state index in [9.17, 15) is 4.79 Å². The van der Waals surface area contributed by atoms with Crippen LogP contribution in [0, 0.1) is 3.57 Å². The molecule has 7 nitrogen and oxygen atoms in total. The second-order valence-corrected chi connectivity index (χ2v) is 6.40. The van der Waals surface area contributed by atoms with E-state index >= 15 is 0 Å². The van der Waals surface area contributed by atoms with Gasteiger partial charge in [-0.05, 0) is 65.4 Å². The van der Waals surface area contributed by atoms with Gasteiger partial charge in [-0.25, -0.2) is 5.43 Å². The van der Waals surface area contributed by atoms with Crippen LogP contribution in [0.3, 0.4) is 0 Å². The van der Waals surface area contributed by atoms with E-state index in [-0.39, 0.29) is 12.7 Å². The standard InChI is InChI=1S/C18H17IN2O5/c1-3-24-16-7-11(6-13(19)17(16)23-2)9-20-21-18(22)12-4-5-14-15(8-12)26-10-25-14/h4-9H,3,10H2,1-2H3,(H,21,22)/b20-9-. The Morgan fingerprint density at radius 1 is 1.31 bits per heavy atom. The third-order valence-electron chi connectivity index (χ3n) is 3.55. The number of amides is 1. The molecule has 0 spiro atoms. The molecule has 0 fully saturated rings. The molecular weight excluding hydrogens is 451 g/mol. The van der Waals surface area contributed by atoms with Crippen molar-refractivity contribution in [1.82, 2.24) is 5.43 Å². The Hall–Kier alpha value is -2.49. The largest absolute Gasteiger partial charge is 0.492 e. The van der Waals surface area contributed by atoms with Crippen LogP contribution in [0.15, 0.2) is 35.4 Å². The number of ether oxygens (including phenoxy) is 4. The van der Waals surface area contributed by atoms with Gasteiger partial charge >= 0.3 is 0 Å². The van der Waals surface area contributed by atoms with Crippen molar-refractivity contribution in [2.24, 2.45) is 5.10 Å². The van der Waals surface area contributed by atoms with Gasteiger partial charge in [0.25, 0.3) is 5.91 Å². The van der Waals surface area contributed by atoms with Crippen molar-refractivity contribution in [3.8, 4) is 23.0 Å². The van der Waals surface area contributed by atoms with Gasteiger partial charge in [0.05, 0.1) is 23.5 Å². The fourth-order valence-electron chi connectivity index (χ4n) is 2.39. The molecule has 0 saturated heterocycles. The highest BCUT2D eigenvalue weighted by atomic mass is 127. The molecule has 0 radical (unpaired) electrons. The molecule has 2 aromatic carbocycles. The van der Waals surface area contributed by atoms with Crippen LogP contribution in [0.5, 0.6) is 23.0 Å². The molecule has 136 valence electrons. The van der Waals surface area contributed by atoms with Crippen molar-refractivity contribution in [2.75, 3.05) is 20.5 Å². The minimum atomic E-state index is -0.340. The number of benzene rings is 2. The van der Waals surface area contributed by atoms with Crippen LogP contribution in [0.1, 0.15) is 22.8 Å². The first kappa shape index (κ1) is 18.3. The highest BCUT2D eigenvalue weighted by Crippen LogP contribution is 2.34. The number of rotatable bonds is 6. The van der Waals surface area contributed by atoms with Crippen molar-refractivity contribution in [1.29, 1.82) is 0 Å². The zero-order valence-corrected chi connectivity index (χ0v) is 16.4. The maximum absolute atomic E-state index is 12.2. The van der Waals surface area contributed by atoms with Crippen molar-refractivity contribution >= 4 is 34.7 Å². The maximum Gasteiger partial charge on any atom is 0.271 e. The quantitative estimate of drug-likeness (QED) is 0.401. The Morgan fingerprint density at radius 2 is 2.12 bits per heavy atom. The smallest absolute Gasteiger partial charge is 0.271 e. The van der Waals surface area contributed by atoms with E-state index in [0.29, 0.717) is 35.2 Å². The minimum Gasteiger partial charge on any atom is -0.492 e. The number of nitrogens with one attached hydrogen (secondary N) is 1. The molecule has 26 heavy (non-hydrogen) atoms. The predicted octanol–water partition coefficient (Wildman–Crippen LogP) is 3.19. The van der Waals surface area contributed by atoms with Crippen molar-refractivity contribution in [3.63, 3.8) is 0 Å². The zero-order chi connectivity index (χ0) is 18.5. The first-order chi connectivity index (χ1) is 12.6. The van der Waals surface area contributed by atoms with Crippen LogP contribution in [-0.4, -0.2) is 32.6 Å². The van der Waals surface area contributed by atoms with Crippen LogP contribution >= 0.6 is 22.6 Å². The lowest BCUT2D eigenvalue weighted by Gasteiger charge is -2.11. The Labute approximate surface area is 164 Å². The summed E-state index contributed by atoms with van der Waals surface area (Å²) in [7, 11) is 1.60. The monoisotopic (exact) mass is 468 g/mol. The van der Waals surface area contributed by atoms with Gasteiger partial charge < -0.3 is 18.9 Å². The minimum absolute atomic E-state index is 0.164. The topological polar surface area (TPSA) is 78.4 Å². The predicted molar refractivity (Wildman–Crippen MR) is 105 cm³/mol. The lowest BCUT2D eigenvalue weighted by Crippen LogP contribution is -2.17. The first-order valence-corrected chi connectivity index (χ1v) is 8.93. The number of carbonyl (C=O) groups is 1. The number of nitrogens with zero attached hydrogens (tertiary/aromatic N) is 1. The van der Waals surface area contributed by atoms with Gasteiger partial charge in [-0.1, -0.05) is 0 Å². The molecule has 0 aliphatic carbocycles. The lowest BCUT2D eigenvalue weighted by molar-refractivity contribution is 0.0954. The molecule has 8 heteroatoms. The molecule has 1 N–H and O–H groups in total. The number of methoxy groups -OCH3 is 1. The highest BCUT2D eigenvalue weighted by Gasteiger charge is 2.16. The van der Waals surface area contributed by atoms with E-state index in [1.165, 1.54) is 0 Å². The molecule has 0 aromatic heterocycles. The first-order valence-electron chi connectivity index (χ1n) is 7.85. The number of fused-ring (bicyclic) bond motifs is 1. The molecule has 0 unspecified atom stereocenters. The van der Waals surface area contributed by atoms with Crippen LogP contribution in [-0.2, 0) is 0 Å². The van der Waals surface area contributed by atoms with Crippen LogP contribution in [0.2, 0.25) is 0 Å². The Morgan fingerprint density at radius 3 is 2.88 bits per heavy atom. The van der Waals surface area contributed by atoms with Gasteiger partial charge in [0, 0.05) is 5.56 Å². The summed E-state index contributed by atoms with van der Waals surface area (Å²) in [6, 6.07) is 8.67. The van der Waals surface area contributed by atoms with E-state index < -0.39 is 0 Å². The molecule has 1 aliphatic heterocycles. The SMILES string of the molecule is CCOc1cc(/C=N\NC(=O)c2ccc3c(c2)OCO3)cc(I)c1OC. The van der Waals surface area contributed by atoms with Crippen LogP contribution in [0.25, 0.3) is 0 Å². The van der Waals surface area contributed by atoms with Gasteiger partial charge in [-0.2, -0.15) is 5.10 Å². The molecule has 0 atom stereocenters. The molecule has 0 bridgehead atoms. The van der Waals surface area contributed by atoms with Crippen LogP contribution < -0.4 is 24.4 Å². The molecule has 1 aliphatic rings. The molecule has 2 aromatic rings. The third kappa shape index (κ3) is 4.01. The number of hydrazone groups is 1. The summed E-state index contributed by atoms with van der Waals surface area (Å²) >= 11 is 2.16. The fraction of sp³-hybridized carbons (Fsp3) is 0.222. The van der Waals surface area contributed by atoms with Crippen LogP contribution in [0.4, 0.5) is 0 Å². The van der Waals surface area contributed by atoms with E-state index in [4.69, 9.17) is 18.9 Å². The van der Waals surface area contributed by atoms with Gasteiger partial charge in [0.2, 0.25) is 6.79 Å². The van der Waals surface area contributed by atoms with E-state index in [2.05, 4.69) is 33.1 Å². The maximum atomic E-state index is 12.2. The number of halogens is 1. The average Bonchev–Trinajstić information content (AvgIpc) is 3.09. The van der Waals surface area contributed by atoms with E-state index in [0.717, 1.165) is 9.13 Å². The summed E-state index contributed by atoms with van der Waals surface area (Å²) in [5, 5.41) is 4.01. The van der Waals surface area contributed by atoms with Gasteiger partial charge in [-0.3, -0.25) is 4.79 Å². The van der Waals surface area contributed by atoms with E-state index in [1.807, 2.05) is 13.0 Å². The summed E-state index contributed by atoms with van der Waals surface area (Å²) in [4.78, 5) is 12.2. The van der Waals surface area contributed by atoms with Gasteiger partial charge in [-0.15, -0.1) is 0 Å². The Bertz CT molecular complexity index is 854. The second kappa shape index (κ2) is 8.26. The van der Waals surface area contributed by atoms with Gasteiger partial charge in [0.1, 0.15) is 0 Å². The fourth-order valence-corrected chi connectivity index (χ4v) is 3.24. The zero-order valence-electron chi connectivity index (χ0n) is 14.2. The third-order valence-corrected chi connectivity index (χ3v) is 4.35. The summed E-state index contributed by atoms with van der Waals surface area (Å²) in [5.74, 6) is 2.14. The second-order valence-electron chi connectivity index (χ2n) is 5.23. The van der Waals surface area contributed by atoms with Gasteiger partial charge in [0.15, 0.2) is 23.0 Å². The number of hydrogen-bond donors (Lipinski definition) is 1. The highest BCUT2D eigenvalue weighted by molar-refractivity contribution is 14.1. The van der Waals surface area contributed by atoms with Crippen molar-refractivity contribution < 1.29 is 23.7 Å². The molecule has 3 rings (SSSR count). The molecule has 1 heterocycles. The molecule has 0 saturated carbocycles. The summed E-state index contributed by atoms with van der Waals surface area (Å²) in [6.45, 7) is 2.59. The van der Waals surface area contributed by atoms with Crippen molar-refractivity contribution in [2.45, 2.75) is 6.92 Å². The molecule has 1 amide bonds. The van der Waals surface area contributed by atoms with Crippen molar-refractivity contribution in [3.05, 3.63) is 45.0 Å². The number of carbonyl (C=O) groups excluding carboxylic acids is 1. The lowest BCUT2D eigenvalue weighted by atomic mass is 10.2. The Kier molecular flexibility index (Phi) is 5.82. The Balaban J connectivity index is 1.71. The summed E-state index contributed by atoms with van der Waals surface area (Å²) < 4.78 is 22.3. The molecular formula is C18H17IN2O5.